The van der Waals surface area contributed by atoms with E-state index in [-0.39, 0.29) is 96.8 Å². The molecule has 0 saturated heterocycles. The average molecular weight is 1560 g/mol. The maximum Gasteiger partial charge on any atom is 0.407 e. The molecule has 109 heavy (non-hydrogen) atoms. The van der Waals surface area contributed by atoms with E-state index in [2.05, 4.69) is 58.5 Å². The Kier molecular flexibility index (Phi) is 42.9. The second kappa shape index (κ2) is 46.7. The van der Waals surface area contributed by atoms with E-state index in [1.54, 1.807) is 145 Å². The third-order valence-electron chi connectivity index (χ3n) is 14.4. The van der Waals surface area contributed by atoms with Crippen molar-refractivity contribution in [3.05, 3.63) is 0 Å². The third-order valence-corrected chi connectivity index (χ3v) is 14.4. The Labute approximate surface area is 643 Å². The van der Waals surface area contributed by atoms with Crippen LogP contribution in [-0.2, 0) is 85.9 Å². The van der Waals surface area contributed by atoms with Crippen molar-refractivity contribution in [2.45, 2.75) is 350 Å². The molecule has 0 bridgehead atoms. The number of esters is 3. The lowest BCUT2D eigenvalue weighted by Crippen LogP contribution is -2.61. The van der Waals surface area contributed by atoms with E-state index in [0.29, 0.717) is 6.42 Å². The normalized spacial score (nSPS) is 14.2. The topological polar surface area (TPSA) is 505 Å². The van der Waals surface area contributed by atoms with Crippen LogP contribution < -0.4 is 70.0 Å². The Balaban J connectivity index is 7.96. The quantitative estimate of drug-likeness (QED) is 0.0211. The van der Waals surface area contributed by atoms with Crippen LogP contribution in [0.5, 0.6) is 0 Å². The molecule has 0 aliphatic carbocycles. The van der Waals surface area contributed by atoms with Gasteiger partial charge in [-0.25, -0.2) is 19.2 Å². The maximum absolute atomic E-state index is 15.1. The van der Waals surface area contributed by atoms with Gasteiger partial charge in [-0.2, -0.15) is 0 Å². The number of hydrogen-bond acceptors (Lipinski definition) is 23. The zero-order valence-corrected chi connectivity index (χ0v) is 69.0. The summed E-state index contributed by atoms with van der Waals surface area (Å²) >= 11 is 0. The molecule has 0 saturated carbocycles. The molecule has 0 unspecified atom stereocenters. The van der Waals surface area contributed by atoms with Crippen LogP contribution in [0.2, 0.25) is 0 Å². The number of carbonyl (C=O) groups excluding carboxylic acids is 15. The van der Waals surface area contributed by atoms with Crippen molar-refractivity contribution in [2.75, 3.05) is 26.2 Å². The molecule has 0 radical (unpaired) electrons. The molecule has 8 atom stereocenters. The molecule has 35 nitrogen and oxygen atoms in total. The number of unbranched alkanes of at least 4 members (excludes halogenated alkanes) is 4. The molecule has 12 amide bonds. The van der Waals surface area contributed by atoms with Gasteiger partial charge in [-0.1, -0.05) is 13.8 Å². The highest BCUT2D eigenvalue weighted by Crippen LogP contribution is 2.18. The highest BCUT2D eigenvalue weighted by atomic mass is 16.6. The number of carbonyl (C=O) groups is 15. The lowest BCUT2D eigenvalue weighted by molar-refractivity contribution is -0.157. The van der Waals surface area contributed by atoms with E-state index in [1.807, 2.05) is 0 Å². The highest BCUT2D eigenvalue weighted by Gasteiger charge is 2.38. The first-order valence-corrected chi connectivity index (χ1v) is 37.4. The van der Waals surface area contributed by atoms with Gasteiger partial charge in [0.05, 0.1) is 18.9 Å². The van der Waals surface area contributed by atoms with Crippen molar-refractivity contribution in [3.8, 4) is 0 Å². The average Bonchev–Trinajstić information content (AvgIpc) is 0.816. The summed E-state index contributed by atoms with van der Waals surface area (Å²) in [5, 5.41) is 28.7. The summed E-state index contributed by atoms with van der Waals surface area (Å²) in [5.74, 6) is -11.4. The van der Waals surface area contributed by atoms with Gasteiger partial charge < -0.3 is 103 Å². The summed E-state index contributed by atoms with van der Waals surface area (Å²) in [6.07, 6.45) is -4.14. The SMILES string of the molecule is CC(C)[C@H](NC(=O)[C@H](CCC(=O)OC(C)(C)C)NC(=O)[C@@H](N)CC(=O)OC(C)(C)C)C(=O)N[C@@H](CC(=O)OC(C)(C)C)C(=O)N[C@@H](CCCCNC(=O)OC(C)(C)C)C(=O)N[C@@H](CCCCNC(=O)OC(C)(C)C)C(=O)N[C@@H](CCCCNC(=O)OC(C)(C)C)C(=O)N[C@@H](CCCCNC(=O)OC(C)(C)C)C(N)=O. The molecular formula is C74H133N13O22. The fourth-order valence-corrected chi connectivity index (χ4v) is 9.76. The summed E-state index contributed by atoms with van der Waals surface area (Å²) in [6.45, 7) is 37.8. The molecule has 0 heterocycles. The van der Waals surface area contributed by atoms with Crippen LogP contribution >= 0.6 is 0 Å². The number of ether oxygens (including phenoxy) is 7. The Morgan fingerprint density at radius 2 is 0.532 bits per heavy atom. The fourth-order valence-electron chi connectivity index (χ4n) is 9.76. The van der Waals surface area contributed by atoms with Gasteiger partial charge in [0.2, 0.25) is 47.3 Å². The minimum absolute atomic E-state index is 0.00581. The van der Waals surface area contributed by atoms with Gasteiger partial charge in [-0.15, -0.1) is 0 Å². The summed E-state index contributed by atoms with van der Waals surface area (Å²) in [6, 6.07) is -12.5. The fraction of sp³-hybridized carbons (Fsp3) is 0.797. The monoisotopic (exact) mass is 1560 g/mol. The second-order valence-corrected chi connectivity index (χ2v) is 34.0. The summed E-state index contributed by atoms with van der Waals surface area (Å²) in [4.78, 5) is 205. The minimum atomic E-state index is -1.90. The Morgan fingerprint density at radius 1 is 0.284 bits per heavy atom. The van der Waals surface area contributed by atoms with Crippen molar-refractivity contribution in [3.63, 3.8) is 0 Å². The molecule has 0 fully saturated rings. The molecule has 0 aromatic heterocycles. The van der Waals surface area contributed by atoms with E-state index in [9.17, 15) is 62.3 Å². The summed E-state index contributed by atoms with van der Waals surface area (Å²) < 4.78 is 37.7. The highest BCUT2D eigenvalue weighted by molar-refractivity contribution is 5.99. The molecule has 0 aliphatic heterocycles. The smallest absolute Gasteiger partial charge is 0.407 e. The molecular weight excluding hydrogens is 1420 g/mol. The molecule has 0 aliphatic rings. The molecule has 0 rings (SSSR count). The van der Waals surface area contributed by atoms with Crippen molar-refractivity contribution in [1.29, 1.82) is 0 Å². The van der Waals surface area contributed by atoms with Crippen molar-refractivity contribution in [2.24, 2.45) is 17.4 Å². The van der Waals surface area contributed by atoms with E-state index in [0.717, 1.165) is 0 Å². The minimum Gasteiger partial charge on any atom is -0.460 e. The Bertz CT molecular complexity index is 3010. The third kappa shape index (κ3) is 51.3. The summed E-state index contributed by atoms with van der Waals surface area (Å²) in [5.41, 5.74) is 5.63. The lowest BCUT2D eigenvalue weighted by Gasteiger charge is -2.29. The Morgan fingerprint density at radius 3 is 0.835 bits per heavy atom. The predicted octanol–water partition coefficient (Wildman–Crippen LogP) is 5.21. The Hall–Kier alpha value is -8.79. The van der Waals surface area contributed by atoms with E-state index >= 15 is 9.59 Å². The van der Waals surface area contributed by atoms with Gasteiger partial charge in [0.25, 0.3) is 0 Å². The van der Waals surface area contributed by atoms with Gasteiger partial charge in [-0.3, -0.25) is 52.7 Å². The predicted molar refractivity (Wildman–Crippen MR) is 404 cm³/mol. The zero-order chi connectivity index (χ0) is 84.2. The number of hydrogen-bond donors (Lipinski definition) is 13. The van der Waals surface area contributed by atoms with Crippen LogP contribution in [0, 0.1) is 5.92 Å². The van der Waals surface area contributed by atoms with Crippen LogP contribution in [0.4, 0.5) is 19.2 Å². The van der Waals surface area contributed by atoms with Crippen LogP contribution in [0.1, 0.15) is 262 Å². The number of primary amides is 1. The van der Waals surface area contributed by atoms with Crippen molar-refractivity contribution in [1.82, 2.24) is 58.5 Å². The van der Waals surface area contributed by atoms with E-state index < -0.39 is 209 Å². The number of amides is 12. The van der Waals surface area contributed by atoms with E-state index in [1.165, 1.54) is 13.8 Å². The van der Waals surface area contributed by atoms with Gasteiger partial charge in [0.15, 0.2) is 0 Å². The van der Waals surface area contributed by atoms with E-state index in [4.69, 9.17) is 44.6 Å². The maximum atomic E-state index is 15.1. The first-order valence-electron chi connectivity index (χ1n) is 37.4. The molecule has 35 heteroatoms. The van der Waals surface area contributed by atoms with Crippen LogP contribution in [0.15, 0.2) is 0 Å². The standard InChI is InChI=1S/C74H133N13O22/c1-44(2)55(87-61(96)50(36-37-52(88)103-68(3,4)5)82-57(92)45(75)42-53(89)104-69(6,7)8)63(98)86-51(43-54(90)105-70(9,10)11)62(97)85-49(35-27-31-41-80-67(102)109-74(21,22)23)60(95)84-48(34-26-30-40-79-66(101)108-73(18,19)20)59(94)83-47(33-25-29-39-78-65(100)107-72(15,16)17)58(93)81-46(56(76)91)32-24-28-38-77-64(99)106-71(12,13)14/h44-51,55H,24-43,75H2,1-23H3,(H2,76,91)(H,77,99)(H,78,100)(H,79,101)(H,80,102)(H,81,93)(H,82,92)(H,83,94)(H,84,95)(H,85,97)(H,86,98)(H,87,96)/t45-,46-,47-,48-,49-,50-,51-,55-/m0/s1. The second-order valence-electron chi connectivity index (χ2n) is 34.0. The number of alkyl carbamates (subject to hydrolysis) is 4. The first kappa shape index (κ1) is 100. The molecule has 626 valence electrons. The van der Waals surface area contributed by atoms with Crippen LogP contribution in [-0.4, -0.2) is 203 Å². The van der Waals surface area contributed by atoms with Gasteiger partial charge in [-0.05, 0) is 235 Å². The summed E-state index contributed by atoms with van der Waals surface area (Å²) in [7, 11) is 0. The van der Waals surface area contributed by atoms with Crippen molar-refractivity contribution < 1.29 is 105 Å². The van der Waals surface area contributed by atoms with Crippen molar-refractivity contribution >= 4 is 89.5 Å². The lowest BCUT2D eigenvalue weighted by atomic mass is 10.0. The van der Waals surface area contributed by atoms with Gasteiger partial charge in [0, 0.05) is 32.6 Å². The molecule has 0 spiro atoms. The number of nitrogens with two attached hydrogens (primary N) is 2. The largest absolute Gasteiger partial charge is 0.460 e. The number of rotatable bonds is 43. The van der Waals surface area contributed by atoms with Gasteiger partial charge >= 0.3 is 42.3 Å². The van der Waals surface area contributed by atoms with Crippen LogP contribution in [0.3, 0.4) is 0 Å². The molecule has 15 N–H and O–H groups in total. The van der Waals surface area contributed by atoms with Crippen LogP contribution in [0.25, 0.3) is 0 Å². The number of nitrogens with one attached hydrogen (secondary N) is 11. The first-order chi connectivity index (χ1) is 49.7. The molecule has 0 aromatic rings. The molecule has 0 aromatic carbocycles. The zero-order valence-electron chi connectivity index (χ0n) is 69.0. The van der Waals surface area contributed by atoms with Gasteiger partial charge in [0.1, 0.15) is 81.5 Å².